The molecule has 1 fully saturated rings. The van der Waals surface area contributed by atoms with Gasteiger partial charge in [-0.25, -0.2) is 9.97 Å². The highest BCUT2D eigenvalue weighted by atomic mass is 35.5. The second-order valence-corrected chi connectivity index (χ2v) is 5.01. The largest absolute Gasteiger partial charge is 0.365 e. The summed E-state index contributed by atoms with van der Waals surface area (Å²) < 4.78 is 0. The van der Waals surface area contributed by atoms with Crippen LogP contribution in [0.2, 0.25) is 5.15 Å². The first kappa shape index (κ1) is 11.6. The van der Waals surface area contributed by atoms with Crippen LogP contribution in [-0.2, 0) is 0 Å². The Balaban J connectivity index is 1.96. The van der Waals surface area contributed by atoms with Crippen LogP contribution in [0.5, 0.6) is 0 Å². The minimum Gasteiger partial charge on any atom is -0.365 e. The van der Waals surface area contributed by atoms with E-state index in [9.17, 15) is 0 Å². The van der Waals surface area contributed by atoms with E-state index in [4.69, 9.17) is 11.6 Å². The maximum Gasteiger partial charge on any atom is 0.171 e. The molecule has 0 spiro atoms. The Bertz CT molecular complexity index is 343. The summed E-state index contributed by atoms with van der Waals surface area (Å²) in [5.74, 6) is 1.58. The molecule has 0 aliphatic heterocycles. The number of hydrogen-bond donors (Lipinski definition) is 1. The van der Waals surface area contributed by atoms with Crippen molar-refractivity contribution in [3.8, 4) is 0 Å². The van der Waals surface area contributed by atoms with Crippen molar-refractivity contribution in [2.75, 3.05) is 5.32 Å². The van der Waals surface area contributed by atoms with Crippen LogP contribution in [0.1, 0.15) is 39.0 Å². The quantitative estimate of drug-likeness (QED) is 0.803. The minimum absolute atomic E-state index is 0.472. The lowest BCUT2D eigenvalue weighted by atomic mass is 10.0. The molecule has 0 bridgehead atoms. The molecule has 2 unspecified atom stereocenters. The molecule has 4 heteroatoms. The topological polar surface area (TPSA) is 37.8 Å². The van der Waals surface area contributed by atoms with Crippen LogP contribution in [0, 0.1) is 5.92 Å². The van der Waals surface area contributed by atoms with Gasteiger partial charge in [-0.1, -0.05) is 31.4 Å². The van der Waals surface area contributed by atoms with E-state index in [0.29, 0.717) is 11.2 Å². The zero-order chi connectivity index (χ0) is 11.4. The van der Waals surface area contributed by atoms with Gasteiger partial charge in [0.25, 0.3) is 0 Å². The molecule has 2 atom stereocenters. The van der Waals surface area contributed by atoms with E-state index < -0.39 is 0 Å². The molecular formula is C12H18ClN3. The van der Waals surface area contributed by atoms with Gasteiger partial charge in [-0.15, -0.1) is 0 Å². The second-order valence-electron chi connectivity index (χ2n) is 4.65. The fraction of sp³-hybridized carbons (Fsp3) is 0.667. The Kier molecular flexibility index (Phi) is 3.99. The normalized spacial score (nSPS) is 26.1. The van der Waals surface area contributed by atoms with Crippen LogP contribution in [0.15, 0.2) is 12.4 Å². The summed E-state index contributed by atoms with van der Waals surface area (Å²) >= 11 is 5.98. The van der Waals surface area contributed by atoms with Crippen LogP contribution in [0.4, 0.5) is 5.82 Å². The first-order chi connectivity index (χ1) is 7.75. The number of nitrogens with one attached hydrogen (secondary N) is 1. The predicted octanol–water partition coefficient (Wildman–Crippen LogP) is 3.51. The molecule has 1 N–H and O–H groups in total. The molecular weight excluding hydrogens is 222 g/mol. The fourth-order valence-corrected chi connectivity index (χ4v) is 2.40. The van der Waals surface area contributed by atoms with Gasteiger partial charge in [-0.05, 0) is 25.2 Å². The van der Waals surface area contributed by atoms with Gasteiger partial charge in [0.2, 0.25) is 0 Å². The third-order valence-electron chi connectivity index (χ3n) is 3.25. The van der Waals surface area contributed by atoms with E-state index in [0.717, 1.165) is 11.7 Å². The summed E-state index contributed by atoms with van der Waals surface area (Å²) in [6.45, 7) is 2.33. The predicted molar refractivity (Wildman–Crippen MR) is 66.7 cm³/mol. The molecule has 16 heavy (non-hydrogen) atoms. The molecule has 1 aromatic rings. The number of rotatable bonds is 2. The van der Waals surface area contributed by atoms with E-state index in [-0.39, 0.29) is 0 Å². The Labute approximate surface area is 102 Å². The first-order valence-electron chi connectivity index (χ1n) is 5.98. The van der Waals surface area contributed by atoms with Gasteiger partial charge in [-0.2, -0.15) is 0 Å². The number of anilines is 1. The molecule has 1 heterocycles. The maximum atomic E-state index is 5.98. The average molecular weight is 240 g/mol. The average Bonchev–Trinajstić information content (AvgIpc) is 2.47. The van der Waals surface area contributed by atoms with Crippen LogP contribution in [-0.4, -0.2) is 16.0 Å². The number of halogens is 1. The molecule has 1 aliphatic carbocycles. The van der Waals surface area contributed by atoms with Gasteiger partial charge in [0.15, 0.2) is 11.0 Å². The van der Waals surface area contributed by atoms with Crippen LogP contribution >= 0.6 is 11.6 Å². The molecule has 1 aromatic heterocycles. The zero-order valence-corrected chi connectivity index (χ0v) is 10.4. The summed E-state index contributed by atoms with van der Waals surface area (Å²) in [7, 11) is 0. The number of nitrogens with zero attached hydrogens (tertiary/aromatic N) is 2. The van der Waals surface area contributed by atoms with Crippen LogP contribution in [0.3, 0.4) is 0 Å². The van der Waals surface area contributed by atoms with Crippen molar-refractivity contribution in [3.63, 3.8) is 0 Å². The molecule has 3 nitrogen and oxygen atoms in total. The standard InChI is InChI=1S/C12H18ClN3/c1-9-3-2-4-10(6-5-9)16-12-11(13)14-7-8-15-12/h7-10H,2-6H2,1H3,(H,15,16). The van der Waals surface area contributed by atoms with E-state index in [1.54, 1.807) is 12.4 Å². The molecule has 0 radical (unpaired) electrons. The van der Waals surface area contributed by atoms with Crippen molar-refractivity contribution in [3.05, 3.63) is 17.5 Å². The SMILES string of the molecule is CC1CCCC(Nc2nccnc2Cl)CC1. The molecule has 1 aliphatic rings. The summed E-state index contributed by atoms with van der Waals surface area (Å²) in [5, 5.41) is 3.88. The zero-order valence-electron chi connectivity index (χ0n) is 9.62. The van der Waals surface area contributed by atoms with Gasteiger partial charge in [0.05, 0.1) is 0 Å². The third-order valence-corrected chi connectivity index (χ3v) is 3.53. The summed E-state index contributed by atoms with van der Waals surface area (Å²) in [5.41, 5.74) is 0. The van der Waals surface area contributed by atoms with Gasteiger partial charge in [0, 0.05) is 18.4 Å². The van der Waals surface area contributed by atoms with Gasteiger partial charge in [-0.3, -0.25) is 0 Å². The Morgan fingerprint density at radius 3 is 2.81 bits per heavy atom. The summed E-state index contributed by atoms with van der Waals surface area (Å²) in [4.78, 5) is 8.24. The second kappa shape index (κ2) is 5.48. The lowest BCUT2D eigenvalue weighted by Crippen LogP contribution is -2.19. The van der Waals surface area contributed by atoms with E-state index in [1.807, 2.05) is 0 Å². The van der Waals surface area contributed by atoms with E-state index in [1.165, 1.54) is 32.1 Å². The molecule has 88 valence electrons. The van der Waals surface area contributed by atoms with Crippen molar-refractivity contribution in [2.45, 2.75) is 45.1 Å². The van der Waals surface area contributed by atoms with Gasteiger partial charge < -0.3 is 5.32 Å². The van der Waals surface area contributed by atoms with Gasteiger partial charge >= 0.3 is 0 Å². The smallest absolute Gasteiger partial charge is 0.171 e. The molecule has 2 rings (SSSR count). The van der Waals surface area contributed by atoms with Crippen LogP contribution < -0.4 is 5.32 Å². The molecule has 0 aromatic carbocycles. The highest BCUT2D eigenvalue weighted by molar-refractivity contribution is 6.31. The maximum absolute atomic E-state index is 5.98. The Hall–Kier alpha value is -0.830. The minimum atomic E-state index is 0.472. The van der Waals surface area contributed by atoms with E-state index >= 15 is 0 Å². The third kappa shape index (κ3) is 3.08. The first-order valence-corrected chi connectivity index (χ1v) is 6.36. The molecule has 1 saturated carbocycles. The molecule has 0 saturated heterocycles. The monoisotopic (exact) mass is 239 g/mol. The van der Waals surface area contributed by atoms with E-state index in [2.05, 4.69) is 22.2 Å². The summed E-state index contributed by atoms with van der Waals surface area (Å²) in [6.07, 6.45) is 9.61. The van der Waals surface area contributed by atoms with Gasteiger partial charge in [0.1, 0.15) is 0 Å². The lowest BCUT2D eigenvalue weighted by molar-refractivity contribution is 0.502. The number of aromatic nitrogens is 2. The highest BCUT2D eigenvalue weighted by Gasteiger charge is 2.17. The van der Waals surface area contributed by atoms with Crippen molar-refractivity contribution in [1.82, 2.24) is 9.97 Å². The molecule has 0 amide bonds. The van der Waals surface area contributed by atoms with Crippen LogP contribution in [0.25, 0.3) is 0 Å². The van der Waals surface area contributed by atoms with Crippen molar-refractivity contribution in [1.29, 1.82) is 0 Å². The lowest BCUT2D eigenvalue weighted by Gasteiger charge is -2.17. The Morgan fingerprint density at radius 1 is 1.19 bits per heavy atom. The highest BCUT2D eigenvalue weighted by Crippen LogP contribution is 2.25. The summed E-state index contributed by atoms with van der Waals surface area (Å²) in [6, 6.07) is 0.499. The Morgan fingerprint density at radius 2 is 2.00 bits per heavy atom. The van der Waals surface area contributed by atoms with Crippen molar-refractivity contribution in [2.24, 2.45) is 5.92 Å². The fourth-order valence-electron chi connectivity index (χ4n) is 2.24. The van der Waals surface area contributed by atoms with Crippen molar-refractivity contribution >= 4 is 17.4 Å². The number of hydrogen-bond acceptors (Lipinski definition) is 3. The van der Waals surface area contributed by atoms with Crippen molar-refractivity contribution < 1.29 is 0 Å².